The molecule has 0 bridgehead atoms. The molecule has 1 N–H and O–H groups in total. The van der Waals surface area contributed by atoms with Gasteiger partial charge in [0, 0.05) is 18.2 Å². The molecule has 3 rings (SSSR count). The molecule has 0 aliphatic heterocycles. The Labute approximate surface area is 155 Å². The van der Waals surface area contributed by atoms with E-state index in [2.05, 4.69) is 10.3 Å². The van der Waals surface area contributed by atoms with Crippen molar-refractivity contribution in [3.8, 4) is 11.3 Å². The molecule has 2 heterocycles. The molecule has 0 saturated heterocycles. The summed E-state index contributed by atoms with van der Waals surface area (Å²) in [6.07, 6.45) is 2.72. The molecule has 0 aliphatic carbocycles. The first-order chi connectivity index (χ1) is 12.7. The minimum atomic E-state index is -0.452. The molecule has 0 atom stereocenters. The van der Waals surface area contributed by atoms with E-state index in [1.165, 1.54) is 18.4 Å². The number of methoxy groups -OCH3 is 1. The predicted octanol–water partition coefficient (Wildman–Crippen LogP) is 4.17. The van der Waals surface area contributed by atoms with E-state index in [0.29, 0.717) is 23.4 Å². The van der Waals surface area contributed by atoms with Crippen molar-refractivity contribution in [2.45, 2.75) is 12.8 Å². The standard InChI is InChI=1S/C20H18N2O3S/c1-25-20(24)16-11-13-26-19(16)22-18(23)10-7-14-5-8-15(9-6-14)17-4-2-3-12-21-17/h2-6,8-9,11-13H,7,10H2,1H3,(H,22,23). The SMILES string of the molecule is COC(=O)c1ccsc1NC(=O)CCc1ccc(-c2ccccn2)cc1. The number of nitrogens with zero attached hydrogens (tertiary/aromatic N) is 1. The largest absolute Gasteiger partial charge is 0.465 e. The van der Waals surface area contributed by atoms with E-state index in [1.54, 1.807) is 17.6 Å². The smallest absolute Gasteiger partial charge is 0.340 e. The van der Waals surface area contributed by atoms with Gasteiger partial charge in [-0.2, -0.15) is 0 Å². The number of esters is 1. The second kappa shape index (κ2) is 8.40. The lowest BCUT2D eigenvalue weighted by atomic mass is 10.1. The molecule has 132 valence electrons. The Morgan fingerprint density at radius 3 is 2.62 bits per heavy atom. The summed E-state index contributed by atoms with van der Waals surface area (Å²) >= 11 is 1.30. The van der Waals surface area contributed by atoms with E-state index in [9.17, 15) is 9.59 Å². The summed E-state index contributed by atoms with van der Waals surface area (Å²) in [5.41, 5.74) is 3.41. The van der Waals surface area contributed by atoms with Gasteiger partial charge < -0.3 is 10.1 Å². The van der Waals surface area contributed by atoms with Gasteiger partial charge in [0.2, 0.25) is 5.91 Å². The zero-order valence-corrected chi connectivity index (χ0v) is 15.1. The molecule has 0 aliphatic rings. The number of hydrogen-bond donors (Lipinski definition) is 1. The highest BCUT2D eigenvalue weighted by Gasteiger charge is 2.15. The summed E-state index contributed by atoms with van der Waals surface area (Å²) in [6, 6.07) is 15.5. The predicted molar refractivity (Wildman–Crippen MR) is 102 cm³/mol. The molecule has 0 unspecified atom stereocenters. The first-order valence-electron chi connectivity index (χ1n) is 8.13. The van der Waals surface area contributed by atoms with E-state index in [-0.39, 0.29) is 5.91 Å². The van der Waals surface area contributed by atoms with Crippen LogP contribution in [0.1, 0.15) is 22.3 Å². The summed E-state index contributed by atoms with van der Waals surface area (Å²) in [6.45, 7) is 0. The topological polar surface area (TPSA) is 68.3 Å². The number of thiophene rings is 1. The number of aryl methyl sites for hydroxylation is 1. The number of amides is 1. The average molecular weight is 366 g/mol. The van der Waals surface area contributed by atoms with E-state index in [0.717, 1.165) is 16.8 Å². The highest BCUT2D eigenvalue weighted by Crippen LogP contribution is 2.24. The number of pyridine rings is 1. The van der Waals surface area contributed by atoms with Crippen LogP contribution in [0.3, 0.4) is 0 Å². The minimum Gasteiger partial charge on any atom is -0.465 e. The number of nitrogens with one attached hydrogen (secondary N) is 1. The maximum absolute atomic E-state index is 12.2. The highest BCUT2D eigenvalue weighted by atomic mass is 32.1. The highest BCUT2D eigenvalue weighted by molar-refractivity contribution is 7.14. The van der Waals surface area contributed by atoms with Gasteiger partial charge in [-0.3, -0.25) is 9.78 Å². The first kappa shape index (κ1) is 17.8. The third kappa shape index (κ3) is 4.34. The molecule has 0 spiro atoms. The van der Waals surface area contributed by atoms with Crippen LogP contribution in [0, 0.1) is 0 Å². The lowest BCUT2D eigenvalue weighted by Gasteiger charge is -2.06. The van der Waals surface area contributed by atoms with Gasteiger partial charge in [-0.15, -0.1) is 11.3 Å². The molecule has 26 heavy (non-hydrogen) atoms. The minimum absolute atomic E-state index is 0.133. The zero-order chi connectivity index (χ0) is 18.4. The Morgan fingerprint density at radius 2 is 1.92 bits per heavy atom. The maximum Gasteiger partial charge on any atom is 0.340 e. The molecule has 0 saturated carbocycles. The molecule has 1 amide bonds. The molecular formula is C20H18N2O3S. The van der Waals surface area contributed by atoms with Crippen LogP contribution in [0.2, 0.25) is 0 Å². The number of rotatable bonds is 6. The van der Waals surface area contributed by atoms with Gasteiger partial charge in [-0.1, -0.05) is 30.3 Å². The van der Waals surface area contributed by atoms with Crippen molar-refractivity contribution in [1.29, 1.82) is 0 Å². The summed E-state index contributed by atoms with van der Waals surface area (Å²) < 4.78 is 4.71. The normalized spacial score (nSPS) is 10.3. The Hall–Kier alpha value is -2.99. The van der Waals surface area contributed by atoms with Crippen LogP contribution in [-0.2, 0) is 16.0 Å². The Kier molecular flexibility index (Phi) is 5.76. The summed E-state index contributed by atoms with van der Waals surface area (Å²) in [4.78, 5) is 28.1. The van der Waals surface area contributed by atoms with E-state index in [4.69, 9.17) is 4.74 Å². The number of anilines is 1. The van der Waals surface area contributed by atoms with E-state index in [1.807, 2.05) is 42.5 Å². The van der Waals surface area contributed by atoms with Gasteiger partial charge in [0.05, 0.1) is 18.4 Å². The van der Waals surface area contributed by atoms with Crippen LogP contribution in [-0.4, -0.2) is 24.0 Å². The maximum atomic E-state index is 12.2. The van der Waals surface area contributed by atoms with Crippen molar-refractivity contribution >= 4 is 28.2 Å². The van der Waals surface area contributed by atoms with Gasteiger partial charge in [0.15, 0.2) is 0 Å². The molecule has 3 aromatic rings. The van der Waals surface area contributed by atoms with E-state index >= 15 is 0 Å². The van der Waals surface area contributed by atoms with Gasteiger partial charge in [-0.25, -0.2) is 4.79 Å². The Morgan fingerprint density at radius 1 is 1.12 bits per heavy atom. The summed E-state index contributed by atoms with van der Waals surface area (Å²) in [5.74, 6) is -0.585. The number of aromatic nitrogens is 1. The molecule has 0 fully saturated rings. The van der Waals surface area contributed by atoms with Gasteiger partial charge in [0.25, 0.3) is 0 Å². The van der Waals surface area contributed by atoms with Crippen LogP contribution >= 0.6 is 11.3 Å². The molecule has 6 heteroatoms. The number of carbonyl (C=O) groups excluding carboxylic acids is 2. The van der Waals surface area contributed by atoms with Crippen LogP contribution in [0.25, 0.3) is 11.3 Å². The molecule has 5 nitrogen and oxygen atoms in total. The van der Waals surface area contributed by atoms with Crippen LogP contribution in [0.15, 0.2) is 60.1 Å². The monoisotopic (exact) mass is 366 g/mol. The number of ether oxygens (including phenoxy) is 1. The fourth-order valence-corrected chi connectivity index (χ4v) is 3.29. The third-order valence-corrected chi connectivity index (χ3v) is 4.71. The number of benzene rings is 1. The zero-order valence-electron chi connectivity index (χ0n) is 14.3. The molecule has 1 aromatic carbocycles. The fraction of sp³-hybridized carbons (Fsp3) is 0.150. The summed E-state index contributed by atoms with van der Waals surface area (Å²) in [7, 11) is 1.32. The lowest BCUT2D eigenvalue weighted by molar-refractivity contribution is -0.116. The van der Waals surface area contributed by atoms with Crippen molar-refractivity contribution in [1.82, 2.24) is 4.98 Å². The van der Waals surface area contributed by atoms with Crippen LogP contribution < -0.4 is 5.32 Å². The number of carbonyl (C=O) groups is 2. The summed E-state index contributed by atoms with van der Waals surface area (Å²) in [5, 5.41) is 5.05. The van der Waals surface area contributed by atoms with Crippen molar-refractivity contribution < 1.29 is 14.3 Å². The van der Waals surface area contributed by atoms with Crippen LogP contribution in [0.4, 0.5) is 5.00 Å². The molecular weight excluding hydrogens is 348 g/mol. The first-order valence-corrected chi connectivity index (χ1v) is 9.01. The van der Waals surface area contributed by atoms with E-state index < -0.39 is 5.97 Å². The molecule has 0 radical (unpaired) electrons. The second-order valence-electron chi connectivity index (χ2n) is 5.62. The quantitative estimate of drug-likeness (QED) is 0.665. The van der Waals surface area contributed by atoms with Crippen LogP contribution in [0.5, 0.6) is 0 Å². The Bertz CT molecular complexity index is 889. The van der Waals surface area contributed by atoms with Crippen molar-refractivity contribution in [3.05, 3.63) is 71.2 Å². The van der Waals surface area contributed by atoms with Gasteiger partial charge >= 0.3 is 5.97 Å². The lowest BCUT2D eigenvalue weighted by Crippen LogP contribution is -2.14. The third-order valence-electron chi connectivity index (χ3n) is 3.88. The van der Waals surface area contributed by atoms with Gasteiger partial charge in [0.1, 0.15) is 5.00 Å². The fourth-order valence-electron chi connectivity index (χ4n) is 2.50. The van der Waals surface area contributed by atoms with Crippen molar-refractivity contribution in [2.75, 3.05) is 12.4 Å². The second-order valence-corrected chi connectivity index (χ2v) is 6.53. The Balaban J connectivity index is 1.57. The average Bonchev–Trinajstić information content (AvgIpc) is 3.15. The molecule has 2 aromatic heterocycles. The number of hydrogen-bond acceptors (Lipinski definition) is 5. The van der Waals surface area contributed by atoms with Gasteiger partial charge in [-0.05, 0) is 35.6 Å². The van der Waals surface area contributed by atoms with Crippen molar-refractivity contribution in [2.24, 2.45) is 0 Å². The van der Waals surface area contributed by atoms with Crippen molar-refractivity contribution in [3.63, 3.8) is 0 Å².